The smallest absolute Gasteiger partial charge is 0.310 e. The SMILES string of the molecule is CC1CCC(CN(C)CC2CC2C)(C(=O)O)CC1. The third-order valence-corrected chi connectivity index (χ3v) is 5.08. The molecule has 3 heteroatoms. The van der Waals surface area contributed by atoms with Crippen LogP contribution in [0.25, 0.3) is 0 Å². The molecule has 18 heavy (non-hydrogen) atoms. The van der Waals surface area contributed by atoms with Crippen molar-refractivity contribution < 1.29 is 9.90 Å². The monoisotopic (exact) mass is 253 g/mol. The second kappa shape index (κ2) is 5.20. The van der Waals surface area contributed by atoms with Crippen LogP contribution in [-0.4, -0.2) is 36.1 Å². The quantitative estimate of drug-likeness (QED) is 0.819. The summed E-state index contributed by atoms with van der Waals surface area (Å²) in [5.41, 5.74) is -0.473. The van der Waals surface area contributed by atoms with Gasteiger partial charge in [-0.3, -0.25) is 4.79 Å². The van der Waals surface area contributed by atoms with Crippen LogP contribution in [0.1, 0.15) is 46.0 Å². The summed E-state index contributed by atoms with van der Waals surface area (Å²) in [5.74, 6) is 1.78. The van der Waals surface area contributed by atoms with E-state index in [1.54, 1.807) is 0 Å². The maximum atomic E-state index is 11.7. The molecule has 0 radical (unpaired) electrons. The van der Waals surface area contributed by atoms with Crippen LogP contribution < -0.4 is 0 Å². The van der Waals surface area contributed by atoms with E-state index in [9.17, 15) is 9.90 Å². The third-order valence-electron chi connectivity index (χ3n) is 5.08. The Morgan fingerprint density at radius 3 is 2.33 bits per heavy atom. The van der Waals surface area contributed by atoms with E-state index in [1.807, 2.05) is 0 Å². The Bertz CT molecular complexity index is 308. The molecule has 3 nitrogen and oxygen atoms in total. The highest BCUT2D eigenvalue weighted by atomic mass is 16.4. The van der Waals surface area contributed by atoms with E-state index in [0.717, 1.165) is 50.6 Å². The first-order valence-corrected chi connectivity index (χ1v) is 7.35. The summed E-state index contributed by atoms with van der Waals surface area (Å²) in [6, 6.07) is 0. The van der Waals surface area contributed by atoms with E-state index in [2.05, 4.69) is 25.8 Å². The lowest BCUT2D eigenvalue weighted by atomic mass is 9.70. The Balaban J connectivity index is 1.91. The fourth-order valence-electron chi connectivity index (χ4n) is 3.39. The number of carboxylic acids is 1. The van der Waals surface area contributed by atoms with E-state index in [4.69, 9.17) is 0 Å². The molecule has 0 aromatic heterocycles. The molecule has 2 fully saturated rings. The predicted octanol–water partition coefficient (Wildman–Crippen LogP) is 2.86. The summed E-state index contributed by atoms with van der Waals surface area (Å²) in [4.78, 5) is 13.9. The van der Waals surface area contributed by atoms with Crippen LogP contribution in [0.15, 0.2) is 0 Å². The first kappa shape index (κ1) is 13.9. The number of carboxylic acid groups (broad SMARTS) is 1. The van der Waals surface area contributed by atoms with E-state index in [1.165, 1.54) is 6.42 Å². The van der Waals surface area contributed by atoms with Gasteiger partial charge >= 0.3 is 5.97 Å². The molecule has 2 saturated carbocycles. The van der Waals surface area contributed by atoms with Gasteiger partial charge < -0.3 is 10.0 Å². The van der Waals surface area contributed by atoms with Crippen LogP contribution in [-0.2, 0) is 4.79 Å². The summed E-state index contributed by atoms with van der Waals surface area (Å²) in [7, 11) is 2.09. The van der Waals surface area contributed by atoms with E-state index >= 15 is 0 Å². The van der Waals surface area contributed by atoms with E-state index < -0.39 is 11.4 Å². The molecule has 0 bridgehead atoms. The highest BCUT2D eigenvalue weighted by Crippen LogP contribution is 2.42. The fraction of sp³-hybridized carbons (Fsp3) is 0.933. The molecule has 104 valence electrons. The van der Waals surface area contributed by atoms with Crippen LogP contribution >= 0.6 is 0 Å². The third kappa shape index (κ3) is 3.05. The molecule has 0 aromatic rings. The number of nitrogens with zero attached hydrogens (tertiary/aromatic N) is 1. The molecule has 1 N–H and O–H groups in total. The molecule has 0 saturated heterocycles. The summed E-state index contributed by atoms with van der Waals surface area (Å²) in [5, 5.41) is 9.60. The van der Waals surface area contributed by atoms with Gasteiger partial charge in [-0.25, -0.2) is 0 Å². The van der Waals surface area contributed by atoms with Crippen LogP contribution in [0, 0.1) is 23.2 Å². The van der Waals surface area contributed by atoms with E-state index in [0.29, 0.717) is 5.92 Å². The molecule has 2 atom stereocenters. The van der Waals surface area contributed by atoms with Gasteiger partial charge in [0.15, 0.2) is 0 Å². The molecule has 2 aliphatic rings. The van der Waals surface area contributed by atoms with Gasteiger partial charge in [0, 0.05) is 13.1 Å². The minimum atomic E-state index is -0.579. The van der Waals surface area contributed by atoms with Crippen LogP contribution in [0.5, 0.6) is 0 Å². The van der Waals surface area contributed by atoms with Crippen molar-refractivity contribution in [1.29, 1.82) is 0 Å². The summed E-state index contributed by atoms with van der Waals surface area (Å²) < 4.78 is 0. The average Bonchev–Trinajstić information content (AvgIpc) is 2.97. The predicted molar refractivity (Wildman–Crippen MR) is 72.5 cm³/mol. The molecule has 0 spiro atoms. The topological polar surface area (TPSA) is 40.5 Å². The van der Waals surface area contributed by atoms with Gasteiger partial charge in [0.2, 0.25) is 0 Å². The Morgan fingerprint density at radius 2 is 1.89 bits per heavy atom. The van der Waals surface area contributed by atoms with Crippen molar-refractivity contribution in [3.05, 3.63) is 0 Å². The van der Waals surface area contributed by atoms with Crippen molar-refractivity contribution in [1.82, 2.24) is 4.90 Å². The Hall–Kier alpha value is -0.570. The normalized spacial score (nSPS) is 39.9. The number of hydrogen-bond acceptors (Lipinski definition) is 2. The summed E-state index contributed by atoms with van der Waals surface area (Å²) in [6.07, 6.45) is 5.17. The van der Waals surface area contributed by atoms with Gasteiger partial charge in [0.05, 0.1) is 5.41 Å². The van der Waals surface area contributed by atoms with Crippen molar-refractivity contribution in [2.75, 3.05) is 20.1 Å². The second-order valence-electron chi connectivity index (χ2n) is 6.94. The molecule has 0 amide bonds. The minimum Gasteiger partial charge on any atom is -0.481 e. The molecule has 2 aliphatic carbocycles. The zero-order valence-electron chi connectivity index (χ0n) is 12.0. The average molecular weight is 253 g/mol. The van der Waals surface area contributed by atoms with Gasteiger partial charge in [0.1, 0.15) is 0 Å². The standard InChI is InChI=1S/C15H27NO2/c1-11-4-6-15(7-5-11,14(17)18)10-16(3)9-13-8-12(13)2/h11-13H,4-10H2,1-3H3,(H,17,18). The fourth-order valence-corrected chi connectivity index (χ4v) is 3.39. The largest absolute Gasteiger partial charge is 0.481 e. The van der Waals surface area contributed by atoms with Crippen molar-refractivity contribution >= 4 is 5.97 Å². The number of aliphatic carboxylic acids is 1. The second-order valence-corrected chi connectivity index (χ2v) is 6.94. The molecule has 0 aromatic carbocycles. The maximum Gasteiger partial charge on any atom is 0.310 e. The molecule has 2 rings (SSSR count). The van der Waals surface area contributed by atoms with Gasteiger partial charge in [-0.05, 0) is 56.9 Å². The van der Waals surface area contributed by atoms with Crippen molar-refractivity contribution in [3.8, 4) is 0 Å². The lowest BCUT2D eigenvalue weighted by Gasteiger charge is -2.38. The number of carbonyl (C=O) groups is 1. The minimum absolute atomic E-state index is 0.473. The highest BCUT2D eigenvalue weighted by Gasteiger charge is 2.43. The highest BCUT2D eigenvalue weighted by molar-refractivity contribution is 5.75. The molecule has 0 aliphatic heterocycles. The van der Waals surface area contributed by atoms with Crippen molar-refractivity contribution in [2.45, 2.75) is 46.0 Å². The maximum absolute atomic E-state index is 11.7. The van der Waals surface area contributed by atoms with Crippen molar-refractivity contribution in [2.24, 2.45) is 23.2 Å². The zero-order chi connectivity index (χ0) is 13.3. The van der Waals surface area contributed by atoms with Gasteiger partial charge in [-0.2, -0.15) is 0 Å². The molecular formula is C15H27NO2. The first-order valence-electron chi connectivity index (χ1n) is 7.35. The number of rotatable bonds is 5. The first-order chi connectivity index (χ1) is 8.43. The Morgan fingerprint density at radius 1 is 1.33 bits per heavy atom. The summed E-state index contributed by atoms with van der Waals surface area (Å²) in [6.45, 7) is 6.33. The van der Waals surface area contributed by atoms with Gasteiger partial charge in [-0.1, -0.05) is 13.8 Å². The Kier molecular flexibility index (Phi) is 4.00. The van der Waals surface area contributed by atoms with E-state index in [-0.39, 0.29) is 0 Å². The Labute approximate surface area is 111 Å². The van der Waals surface area contributed by atoms with Crippen LogP contribution in [0.4, 0.5) is 0 Å². The van der Waals surface area contributed by atoms with Crippen LogP contribution in [0.3, 0.4) is 0 Å². The van der Waals surface area contributed by atoms with Crippen molar-refractivity contribution in [3.63, 3.8) is 0 Å². The van der Waals surface area contributed by atoms with Crippen LogP contribution in [0.2, 0.25) is 0 Å². The van der Waals surface area contributed by atoms with Gasteiger partial charge in [-0.15, -0.1) is 0 Å². The zero-order valence-corrected chi connectivity index (χ0v) is 12.0. The lowest BCUT2D eigenvalue weighted by Crippen LogP contribution is -2.44. The number of hydrogen-bond donors (Lipinski definition) is 1. The molecule has 2 unspecified atom stereocenters. The molecule has 0 heterocycles. The van der Waals surface area contributed by atoms with Gasteiger partial charge in [0.25, 0.3) is 0 Å². The lowest BCUT2D eigenvalue weighted by molar-refractivity contribution is -0.153. The summed E-state index contributed by atoms with van der Waals surface area (Å²) >= 11 is 0. The molecular weight excluding hydrogens is 226 g/mol.